The van der Waals surface area contributed by atoms with Crippen molar-refractivity contribution in [3.8, 4) is 0 Å². The predicted octanol–water partition coefficient (Wildman–Crippen LogP) is 1.11. The second-order valence-electron chi connectivity index (χ2n) is 8.14. The number of ketones is 1. The van der Waals surface area contributed by atoms with E-state index in [0.717, 1.165) is 9.87 Å². The normalized spacial score (nSPS) is 13.5. The first-order chi connectivity index (χ1) is 15.9. The van der Waals surface area contributed by atoms with Gasteiger partial charge in [-0.05, 0) is 44.9 Å². The number of rotatable bonds is 12. The largest absolute Gasteiger partial charge is 0.477 e. The summed E-state index contributed by atoms with van der Waals surface area (Å²) in [5.74, 6) is -2.42. The topological polar surface area (TPSA) is 154 Å². The molecule has 2 atom stereocenters. The highest BCUT2D eigenvalue weighted by Crippen LogP contribution is 2.14. The average molecular weight is 492 g/mol. The van der Waals surface area contributed by atoms with Crippen LogP contribution in [0, 0.1) is 0 Å². The van der Waals surface area contributed by atoms with E-state index in [2.05, 4.69) is 10.3 Å². The molecule has 0 fully saturated rings. The number of nitrogens with zero attached hydrogens (tertiary/aromatic N) is 2. The molecule has 34 heavy (non-hydrogen) atoms. The SMILES string of the molecule is CC(=O)CN(C[C@@H](O)[C@H](Cc1ccccc1)NC(=O)c1cccc(C(=O)O)n1)S(=O)(=O)C(C)C. The molecule has 2 rings (SSSR count). The van der Waals surface area contributed by atoms with E-state index in [0.29, 0.717) is 0 Å². The minimum absolute atomic E-state index is 0.155. The van der Waals surface area contributed by atoms with Gasteiger partial charge in [-0.1, -0.05) is 36.4 Å². The second-order valence-corrected chi connectivity index (χ2v) is 10.6. The van der Waals surface area contributed by atoms with E-state index in [1.807, 2.05) is 0 Å². The van der Waals surface area contributed by atoms with Crippen molar-refractivity contribution in [3.05, 3.63) is 65.5 Å². The molecule has 0 saturated carbocycles. The molecule has 0 radical (unpaired) electrons. The highest BCUT2D eigenvalue weighted by atomic mass is 32.2. The number of carbonyl (C=O) groups excluding carboxylic acids is 2. The van der Waals surface area contributed by atoms with Crippen LogP contribution in [-0.2, 0) is 21.2 Å². The molecule has 0 spiro atoms. The number of aromatic nitrogens is 1. The maximum absolute atomic E-state index is 12.8. The number of benzene rings is 1. The van der Waals surface area contributed by atoms with Crippen molar-refractivity contribution in [2.75, 3.05) is 13.1 Å². The van der Waals surface area contributed by atoms with E-state index in [1.165, 1.54) is 39.0 Å². The number of aliphatic hydroxyl groups excluding tert-OH is 1. The summed E-state index contributed by atoms with van der Waals surface area (Å²) < 4.78 is 26.4. The molecule has 3 N–H and O–H groups in total. The fourth-order valence-corrected chi connectivity index (χ4v) is 4.53. The molecule has 0 saturated heterocycles. The zero-order chi connectivity index (χ0) is 25.5. The van der Waals surface area contributed by atoms with Crippen molar-refractivity contribution in [2.24, 2.45) is 0 Å². The smallest absolute Gasteiger partial charge is 0.354 e. The summed E-state index contributed by atoms with van der Waals surface area (Å²) in [5.41, 5.74) is 0.285. The predicted molar refractivity (Wildman–Crippen MR) is 125 cm³/mol. The van der Waals surface area contributed by atoms with Crippen LogP contribution in [0.25, 0.3) is 0 Å². The standard InChI is InChI=1S/C23H29N3O7S/c1-15(2)34(32,33)26(13-16(3)27)14-21(28)20(12-17-8-5-4-6-9-17)25-22(29)18-10-7-11-19(24-18)23(30)31/h4-11,15,20-21,28H,12-14H2,1-3H3,(H,25,29)(H,30,31)/t20-,21+/m0/s1. The van der Waals surface area contributed by atoms with Gasteiger partial charge in [0.25, 0.3) is 5.91 Å². The number of amides is 1. The number of hydrogen-bond acceptors (Lipinski definition) is 7. The van der Waals surface area contributed by atoms with Crippen molar-refractivity contribution in [3.63, 3.8) is 0 Å². The van der Waals surface area contributed by atoms with E-state index in [4.69, 9.17) is 5.11 Å². The van der Waals surface area contributed by atoms with Gasteiger partial charge in [0, 0.05) is 6.54 Å². The van der Waals surface area contributed by atoms with Crippen molar-refractivity contribution in [1.82, 2.24) is 14.6 Å². The molecule has 1 aromatic heterocycles. The Labute approximate surface area is 198 Å². The molecule has 0 aliphatic carbocycles. The van der Waals surface area contributed by atoms with Crippen LogP contribution in [-0.4, -0.2) is 76.1 Å². The molecule has 11 heteroatoms. The van der Waals surface area contributed by atoms with Crippen LogP contribution in [0.4, 0.5) is 0 Å². The lowest BCUT2D eigenvalue weighted by molar-refractivity contribution is -0.117. The first-order valence-corrected chi connectivity index (χ1v) is 12.1. The summed E-state index contributed by atoms with van der Waals surface area (Å²) >= 11 is 0. The van der Waals surface area contributed by atoms with Crippen LogP contribution < -0.4 is 5.32 Å². The van der Waals surface area contributed by atoms with Gasteiger partial charge in [-0.3, -0.25) is 9.59 Å². The minimum atomic E-state index is -3.87. The highest BCUT2D eigenvalue weighted by molar-refractivity contribution is 7.89. The Bertz CT molecular complexity index is 1120. The fourth-order valence-electron chi connectivity index (χ4n) is 3.21. The van der Waals surface area contributed by atoms with Crippen molar-refractivity contribution in [2.45, 2.75) is 44.6 Å². The quantitative estimate of drug-likeness (QED) is 0.399. The molecule has 0 unspecified atom stereocenters. The van der Waals surface area contributed by atoms with Gasteiger partial charge in [0.15, 0.2) is 0 Å². The Hall–Kier alpha value is -3.15. The van der Waals surface area contributed by atoms with E-state index in [9.17, 15) is 27.9 Å². The number of nitrogens with one attached hydrogen (secondary N) is 1. The Balaban J connectivity index is 2.33. The number of Topliss-reactive ketones (excluding diaryl/α,β-unsaturated/α-hetero) is 1. The molecule has 0 aliphatic rings. The summed E-state index contributed by atoms with van der Waals surface area (Å²) in [6.45, 7) is 3.37. The van der Waals surface area contributed by atoms with E-state index in [1.54, 1.807) is 30.3 Å². The highest BCUT2D eigenvalue weighted by Gasteiger charge is 2.32. The zero-order valence-corrected chi connectivity index (χ0v) is 20.0. The lowest BCUT2D eigenvalue weighted by Gasteiger charge is -2.30. The Kier molecular flexibility index (Phi) is 9.42. The number of hydrogen-bond donors (Lipinski definition) is 3. The van der Waals surface area contributed by atoms with Crippen molar-refractivity contribution >= 4 is 27.7 Å². The summed E-state index contributed by atoms with van der Waals surface area (Å²) in [4.78, 5) is 39.5. The molecule has 1 aromatic carbocycles. The van der Waals surface area contributed by atoms with Gasteiger partial charge in [0.05, 0.1) is 23.9 Å². The van der Waals surface area contributed by atoms with Crippen LogP contribution in [0.3, 0.4) is 0 Å². The third-order valence-electron chi connectivity index (χ3n) is 5.03. The third kappa shape index (κ3) is 7.44. The Morgan fingerprint density at radius 1 is 1.03 bits per heavy atom. The number of carboxylic acids is 1. The molecule has 1 heterocycles. The maximum atomic E-state index is 12.8. The third-order valence-corrected chi connectivity index (χ3v) is 7.21. The van der Waals surface area contributed by atoms with Gasteiger partial charge in [0.2, 0.25) is 10.0 Å². The zero-order valence-electron chi connectivity index (χ0n) is 19.2. The number of pyridine rings is 1. The molecule has 10 nitrogen and oxygen atoms in total. The van der Waals surface area contributed by atoms with Gasteiger partial charge >= 0.3 is 5.97 Å². The molecule has 184 valence electrons. The summed E-state index contributed by atoms with van der Waals surface area (Å²) in [5, 5.41) is 21.9. The summed E-state index contributed by atoms with van der Waals surface area (Å²) in [7, 11) is -3.87. The number of sulfonamides is 1. The van der Waals surface area contributed by atoms with Gasteiger partial charge in [0.1, 0.15) is 17.2 Å². The Morgan fingerprint density at radius 3 is 2.21 bits per heavy atom. The summed E-state index contributed by atoms with van der Waals surface area (Å²) in [6, 6.07) is 11.9. The van der Waals surface area contributed by atoms with Crippen LogP contribution in [0.15, 0.2) is 48.5 Å². The molecular weight excluding hydrogens is 462 g/mol. The van der Waals surface area contributed by atoms with Crippen molar-refractivity contribution < 1.29 is 33.0 Å². The van der Waals surface area contributed by atoms with E-state index < -0.39 is 58.2 Å². The van der Waals surface area contributed by atoms with Crippen LogP contribution in [0.5, 0.6) is 0 Å². The van der Waals surface area contributed by atoms with Crippen LogP contribution in [0.2, 0.25) is 0 Å². The second kappa shape index (κ2) is 11.8. The van der Waals surface area contributed by atoms with E-state index in [-0.39, 0.29) is 17.8 Å². The molecule has 1 amide bonds. The van der Waals surface area contributed by atoms with Gasteiger partial charge in [-0.25, -0.2) is 18.2 Å². The van der Waals surface area contributed by atoms with Gasteiger partial charge < -0.3 is 15.5 Å². The lowest BCUT2D eigenvalue weighted by atomic mass is 10.0. The molecule has 2 aromatic rings. The molecular formula is C23H29N3O7S. The minimum Gasteiger partial charge on any atom is -0.477 e. The number of carboxylic acid groups (broad SMARTS) is 1. The fraction of sp³-hybridized carbons (Fsp3) is 0.391. The Morgan fingerprint density at radius 2 is 1.65 bits per heavy atom. The van der Waals surface area contributed by atoms with Gasteiger partial charge in [-0.15, -0.1) is 0 Å². The molecule has 0 bridgehead atoms. The first-order valence-electron chi connectivity index (χ1n) is 10.6. The lowest BCUT2D eigenvalue weighted by Crippen LogP contribution is -2.52. The average Bonchev–Trinajstić information content (AvgIpc) is 2.78. The number of aliphatic hydroxyl groups is 1. The molecule has 0 aliphatic heterocycles. The summed E-state index contributed by atoms with van der Waals surface area (Å²) in [6.07, 6.45) is -1.22. The van der Waals surface area contributed by atoms with Gasteiger partial charge in [-0.2, -0.15) is 4.31 Å². The van der Waals surface area contributed by atoms with E-state index >= 15 is 0 Å². The maximum Gasteiger partial charge on any atom is 0.354 e. The van der Waals surface area contributed by atoms with Crippen LogP contribution >= 0.6 is 0 Å². The monoisotopic (exact) mass is 491 g/mol. The van der Waals surface area contributed by atoms with Crippen molar-refractivity contribution in [1.29, 1.82) is 0 Å². The number of aromatic carboxylic acids is 1. The first kappa shape index (κ1) is 27.1. The number of carbonyl (C=O) groups is 3. The van der Waals surface area contributed by atoms with Crippen LogP contribution in [0.1, 0.15) is 47.3 Å².